The number of anilines is 4. The first kappa shape index (κ1) is 43.1. The second-order valence-corrected chi connectivity index (χ2v) is 17.6. The van der Waals surface area contributed by atoms with E-state index < -0.39 is 28.8 Å². The molecule has 52 heavy (non-hydrogen) atoms. The van der Waals surface area contributed by atoms with Gasteiger partial charge in [0.25, 0.3) is 0 Å². The lowest BCUT2D eigenvalue weighted by Gasteiger charge is -2.31. The molecular weight excluding hydrogens is 755 g/mol. The summed E-state index contributed by atoms with van der Waals surface area (Å²) in [5.41, 5.74) is 7.53. The van der Waals surface area contributed by atoms with Crippen LogP contribution >= 0.6 is 34.9 Å². The maximum Gasteiger partial charge on any atom is 0.414 e. The maximum absolute atomic E-state index is 14.6. The number of carbonyl (C=O) groups is 2. The molecule has 4 fully saturated rings. The third kappa shape index (κ3) is 12.1. The van der Waals surface area contributed by atoms with Crippen molar-refractivity contribution >= 4 is 96.4 Å². The monoisotopic (exact) mass is 802 g/mol. The molecule has 288 valence electrons. The van der Waals surface area contributed by atoms with Crippen LogP contribution in [0, 0.1) is 11.6 Å². The number of thiocarbonyl (C=S) groups is 2. The van der Waals surface area contributed by atoms with Crippen LogP contribution in [0.5, 0.6) is 0 Å². The Balaban J connectivity index is 0.000000251. The number of cyclic esters (lactones) is 2. The van der Waals surface area contributed by atoms with Crippen molar-refractivity contribution in [1.29, 1.82) is 0 Å². The van der Waals surface area contributed by atoms with Crippen molar-refractivity contribution in [2.45, 2.75) is 33.0 Å². The normalized spacial score (nSPS) is 20.5. The molecule has 0 bridgehead atoms. The quantitative estimate of drug-likeness (QED) is 0.393. The van der Waals surface area contributed by atoms with E-state index in [2.05, 4.69) is 23.4 Å². The van der Waals surface area contributed by atoms with Gasteiger partial charge in [-0.1, -0.05) is 30.3 Å². The molecule has 5 N–H and O–H groups in total. The Hall–Kier alpha value is -3.29. The van der Waals surface area contributed by atoms with E-state index in [-0.39, 0.29) is 40.5 Å². The molecule has 4 heterocycles. The zero-order chi connectivity index (χ0) is 37.2. The van der Waals surface area contributed by atoms with Gasteiger partial charge in [-0.05, 0) is 62.0 Å². The minimum absolute atomic E-state index is 0. The van der Waals surface area contributed by atoms with Crippen LogP contribution in [0.15, 0.2) is 36.4 Å². The van der Waals surface area contributed by atoms with Crippen LogP contribution in [0.3, 0.4) is 0 Å². The zero-order valence-corrected chi connectivity index (χ0v) is 32.9. The summed E-state index contributed by atoms with van der Waals surface area (Å²) in [7, 11) is -0.613. The molecular formula is C34H48F2N6O6S4. The molecule has 6 rings (SSSR count). The first-order valence-corrected chi connectivity index (χ1v) is 20.6. The number of halogens is 2. The van der Waals surface area contributed by atoms with E-state index in [9.17, 15) is 22.6 Å². The number of nitrogens with one attached hydrogen (secondary N) is 1. The maximum atomic E-state index is 14.6. The van der Waals surface area contributed by atoms with Crippen molar-refractivity contribution in [3.8, 4) is 0 Å². The second-order valence-electron chi connectivity index (χ2n) is 12.4. The summed E-state index contributed by atoms with van der Waals surface area (Å²) < 4.78 is 50.7. The molecule has 18 heteroatoms. The highest BCUT2D eigenvalue weighted by atomic mass is 32.2. The first-order chi connectivity index (χ1) is 24.2. The molecule has 12 nitrogen and oxygen atoms in total. The van der Waals surface area contributed by atoms with Gasteiger partial charge in [0.2, 0.25) is 0 Å². The molecule has 0 aliphatic carbocycles. The zero-order valence-electron chi connectivity index (χ0n) is 29.6. The predicted molar refractivity (Wildman–Crippen MR) is 218 cm³/mol. The molecule has 2 aromatic carbocycles. The van der Waals surface area contributed by atoms with E-state index in [1.54, 1.807) is 31.2 Å². The Morgan fingerprint density at radius 3 is 1.67 bits per heavy atom. The molecule has 4 aliphatic heterocycles. The number of nitrogens with two attached hydrogens (primary N) is 1. The van der Waals surface area contributed by atoms with Crippen molar-refractivity contribution in [3.05, 3.63) is 48.0 Å². The lowest BCUT2D eigenvalue weighted by molar-refractivity contribution is 0.142. The van der Waals surface area contributed by atoms with Gasteiger partial charge in [0.15, 0.2) is 0 Å². The summed E-state index contributed by atoms with van der Waals surface area (Å²) in [5.74, 6) is 6.48. The number of carbonyl (C=O) groups excluding carboxylic acids is 2. The Kier molecular flexibility index (Phi) is 16.8. The molecule has 0 spiro atoms. The van der Waals surface area contributed by atoms with Gasteiger partial charge in [0, 0.05) is 66.5 Å². The molecule has 4 aliphatic rings. The summed E-state index contributed by atoms with van der Waals surface area (Å²) in [6, 6.07) is 9.62. The van der Waals surface area contributed by atoms with Crippen molar-refractivity contribution in [2.24, 2.45) is 5.73 Å². The van der Waals surface area contributed by atoms with Crippen LogP contribution in [-0.2, 0) is 20.3 Å². The molecule has 2 aromatic rings. The summed E-state index contributed by atoms with van der Waals surface area (Å²) >= 11 is 9.50. The highest BCUT2D eigenvalue weighted by molar-refractivity contribution is 8.14. The van der Waals surface area contributed by atoms with Crippen molar-refractivity contribution in [1.82, 2.24) is 5.32 Å². The fourth-order valence-electron chi connectivity index (χ4n) is 5.60. The van der Waals surface area contributed by atoms with E-state index >= 15 is 0 Å². The summed E-state index contributed by atoms with van der Waals surface area (Å²) in [5, 5.41) is 2.99. The summed E-state index contributed by atoms with van der Waals surface area (Å²) in [6.45, 7) is 9.76. The van der Waals surface area contributed by atoms with Crippen LogP contribution < -0.4 is 30.7 Å². The fraction of sp³-hybridized carbons (Fsp3) is 0.500. The lowest BCUT2D eigenvalue weighted by Crippen LogP contribution is -2.38. The molecule has 4 saturated heterocycles. The van der Waals surface area contributed by atoms with Gasteiger partial charge in [-0.2, -0.15) is 10.5 Å². The third-order valence-electron chi connectivity index (χ3n) is 8.23. The summed E-state index contributed by atoms with van der Waals surface area (Å²) in [4.78, 5) is 32.2. The SMILES string of the molecule is C=S1CCN(c2ccc(N3C[C@H](CNC(C)=S)OC3=O)cc2F)CC1.CC(C)=S.NC[C@H]1CN(c2ccc(N3CCS(=O)CC3)c(F)c2)C(=O)O1.O. The molecule has 2 atom stereocenters. The van der Waals surface area contributed by atoms with Gasteiger partial charge < -0.3 is 35.8 Å². The molecule has 0 unspecified atom stereocenters. The minimum atomic E-state index is -0.803. The van der Waals surface area contributed by atoms with E-state index in [4.69, 9.17) is 27.4 Å². The Labute approximate surface area is 319 Å². The average molecular weight is 803 g/mol. The number of benzene rings is 2. The van der Waals surface area contributed by atoms with Crippen LogP contribution in [0.25, 0.3) is 0 Å². The van der Waals surface area contributed by atoms with Gasteiger partial charge in [-0.25, -0.2) is 18.4 Å². The van der Waals surface area contributed by atoms with Crippen LogP contribution in [0.1, 0.15) is 20.8 Å². The Morgan fingerprint density at radius 2 is 1.27 bits per heavy atom. The number of ether oxygens (including phenoxy) is 2. The van der Waals surface area contributed by atoms with Crippen LogP contribution in [-0.4, -0.2) is 125 Å². The molecule has 2 amide bonds. The standard InChI is InChI=1S/C17H22FN3O2S2.C14H18FN3O3S.C3H6S.H2O/c1-12(24)19-10-14-11-21(17(22)23-14)13-3-4-16(15(18)9-13)20-5-7-25(2)8-6-20;15-12-7-10(18-9-11(8-16)21-14(18)19)1-2-13(12)17-3-5-22(20)6-4-17;1-3(2)4;/h3-4,9,14H,2,5-8,10-11H2,1H3,(H,19,24);1-2,7,11H,3-6,8-9,16H2;1-2H3;1H2/t14-;11-;;/m00../s1. The topological polar surface area (TPSA) is 152 Å². The lowest BCUT2D eigenvalue weighted by atomic mass is 10.2. The number of hydrogen-bond acceptors (Lipinski definition) is 10. The van der Waals surface area contributed by atoms with Crippen molar-refractivity contribution < 1.29 is 37.5 Å². The molecule has 0 radical (unpaired) electrons. The number of amides is 2. The van der Waals surface area contributed by atoms with E-state index in [0.717, 1.165) is 29.5 Å². The molecule has 0 saturated carbocycles. The van der Waals surface area contributed by atoms with Gasteiger partial charge >= 0.3 is 12.2 Å². The van der Waals surface area contributed by atoms with Crippen LogP contribution in [0.2, 0.25) is 0 Å². The highest BCUT2D eigenvalue weighted by Crippen LogP contribution is 2.31. The van der Waals surface area contributed by atoms with Gasteiger partial charge in [0.05, 0.1) is 47.4 Å². The largest absolute Gasteiger partial charge is 0.443 e. The predicted octanol–water partition coefficient (Wildman–Crippen LogP) is 3.86. The Bertz CT molecular complexity index is 1630. The van der Waals surface area contributed by atoms with Crippen molar-refractivity contribution in [3.63, 3.8) is 0 Å². The number of rotatable bonds is 7. The number of nitrogens with zero attached hydrogens (tertiary/aromatic N) is 4. The smallest absolute Gasteiger partial charge is 0.414 e. The minimum Gasteiger partial charge on any atom is -0.443 e. The highest BCUT2D eigenvalue weighted by Gasteiger charge is 2.34. The van der Waals surface area contributed by atoms with Gasteiger partial charge in [-0.3, -0.25) is 14.0 Å². The average Bonchev–Trinajstić information content (AvgIpc) is 3.66. The van der Waals surface area contributed by atoms with E-state index in [0.29, 0.717) is 72.0 Å². The third-order valence-corrected chi connectivity index (χ3v) is 11.2. The molecule has 0 aromatic heterocycles. The van der Waals surface area contributed by atoms with Crippen LogP contribution in [0.4, 0.5) is 41.1 Å². The first-order valence-electron chi connectivity index (χ1n) is 16.5. The number of hydrogen-bond donors (Lipinski definition) is 2. The van der Waals surface area contributed by atoms with Gasteiger partial charge in [0.1, 0.15) is 23.8 Å². The van der Waals surface area contributed by atoms with Crippen molar-refractivity contribution in [2.75, 3.05) is 95.0 Å². The van der Waals surface area contributed by atoms with Gasteiger partial charge in [-0.15, -0.1) is 0 Å². The summed E-state index contributed by atoms with van der Waals surface area (Å²) in [6.07, 6.45) is -1.62. The van der Waals surface area contributed by atoms with E-state index in [1.807, 2.05) is 23.6 Å². The second kappa shape index (κ2) is 20.2. The fourth-order valence-corrected chi connectivity index (χ4v) is 7.90. The Morgan fingerprint density at radius 1 is 0.846 bits per heavy atom. The van der Waals surface area contributed by atoms with E-state index in [1.165, 1.54) is 21.9 Å².